The first-order valence-corrected chi connectivity index (χ1v) is 8.27. The molecule has 1 fully saturated rings. The van der Waals surface area contributed by atoms with E-state index in [0.29, 0.717) is 16.9 Å². The number of methoxy groups -OCH3 is 1. The van der Waals surface area contributed by atoms with Crippen LogP contribution in [0.1, 0.15) is 31.2 Å². The number of carbonyl (C=O) groups is 3. The summed E-state index contributed by atoms with van der Waals surface area (Å²) in [5.41, 5.74) is 1.54. The molecule has 0 bridgehead atoms. The molecule has 8 nitrogen and oxygen atoms in total. The predicted molar refractivity (Wildman–Crippen MR) is 93.0 cm³/mol. The van der Waals surface area contributed by atoms with E-state index in [4.69, 9.17) is 0 Å². The van der Waals surface area contributed by atoms with Crippen molar-refractivity contribution in [3.63, 3.8) is 0 Å². The number of esters is 1. The van der Waals surface area contributed by atoms with Gasteiger partial charge >= 0.3 is 12.0 Å². The molecule has 3 rings (SSSR count). The van der Waals surface area contributed by atoms with Gasteiger partial charge in [0.05, 0.1) is 36.1 Å². The Kier molecular flexibility index (Phi) is 4.58. The van der Waals surface area contributed by atoms with Crippen LogP contribution in [0.15, 0.2) is 24.3 Å². The molecule has 136 valence electrons. The Morgan fingerprint density at radius 1 is 1.23 bits per heavy atom. The third-order valence-electron chi connectivity index (χ3n) is 4.55. The molecule has 8 heteroatoms. The summed E-state index contributed by atoms with van der Waals surface area (Å²) in [5, 5.41) is 2.67. The lowest BCUT2D eigenvalue weighted by Crippen LogP contribution is -2.44. The first kappa shape index (κ1) is 17.8. The highest BCUT2D eigenvalue weighted by Gasteiger charge is 2.47. The molecule has 1 aromatic heterocycles. The van der Waals surface area contributed by atoms with E-state index in [1.807, 2.05) is 24.3 Å². The quantitative estimate of drug-likeness (QED) is 0.646. The topological polar surface area (TPSA) is 101 Å². The second kappa shape index (κ2) is 6.70. The highest BCUT2D eigenvalue weighted by Crippen LogP contribution is 2.25. The van der Waals surface area contributed by atoms with Crippen LogP contribution in [0.2, 0.25) is 0 Å². The van der Waals surface area contributed by atoms with Gasteiger partial charge in [-0.3, -0.25) is 14.5 Å². The highest BCUT2D eigenvalue weighted by atomic mass is 16.5. The van der Waals surface area contributed by atoms with Crippen molar-refractivity contribution in [1.29, 1.82) is 0 Å². The summed E-state index contributed by atoms with van der Waals surface area (Å²) in [6, 6.07) is 6.92. The summed E-state index contributed by atoms with van der Waals surface area (Å²) < 4.78 is 4.60. The fraction of sp³-hybridized carbons (Fsp3) is 0.389. The maximum atomic E-state index is 12.8. The van der Waals surface area contributed by atoms with E-state index in [-0.39, 0.29) is 25.3 Å². The van der Waals surface area contributed by atoms with Crippen molar-refractivity contribution in [2.75, 3.05) is 7.11 Å². The van der Waals surface area contributed by atoms with Gasteiger partial charge in [-0.2, -0.15) is 0 Å². The van der Waals surface area contributed by atoms with Gasteiger partial charge in [-0.25, -0.2) is 14.8 Å². The Morgan fingerprint density at radius 2 is 1.88 bits per heavy atom. The van der Waals surface area contributed by atoms with Crippen LogP contribution >= 0.6 is 0 Å². The lowest BCUT2D eigenvalue weighted by molar-refractivity contribution is -0.141. The Bertz CT molecular complexity index is 898. The van der Waals surface area contributed by atoms with Gasteiger partial charge < -0.3 is 10.1 Å². The maximum absolute atomic E-state index is 12.8. The minimum absolute atomic E-state index is 0.0299. The number of rotatable bonds is 5. The molecule has 2 aromatic rings. The summed E-state index contributed by atoms with van der Waals surface area (Å²) in [7, 11) is 1.28. The number of para-hydroxylation sites is 2. The zero-order valence-electron chi connectivity index (χ0n) is 14.9. The number of nitrogens with one attached hydrogen (secondary N) is 1. The molecular weight excluding hydrogens is 336 g/mol. The molecule has 1 atom stereocenters. The molecule has 1 aromatic carbocycles. The number of hydrogen-bond acceptors (Lipinski definition) is 6. The first-order valence-electron chi connectivity index (χ1n) is 8.27. The summed E-state index contributed by atoms with van der Waals surface area (Å²) in [5.74, 6) is -0.816. The number of benzene rings is 1. The molecule has 0 saturated carbocycles. The molecule has 1 N–H and O–H groups in total. The van der Waals surface area contributed by atoms with E-state index in [9.17, 15) is 14.4 Å². The van der Waals surface area contributed by atoms with Crippen molar-refractivity contribution in [2.45, 2.75) is 38.8 Å². The Hall–Kier alpha value is -3.03. The summed E-state index contributed by atoms with van der Waals surface area (Å²) in [4.78, 5) is 46.6. The van der Waals surface area contributed by atoms with Crippen LogP contribution in [0.25, 0.3) is 11.0 Å². The average molecular weight is 356 g/mol. The van der Waals surface area contributed by atoms with Gasteiger partial charge in [-0.15, -0.1) is 0 Å². The summed E-state index contributed by atoms with van der Waals surface area (Å²) in [6.07, 6.45) is 0.213. The molecule has 3 amide bonds. The van der Waals surface area contributed by atoms with E-state index in [1.54, 1.807) is 13.8 Å². The minimum Gasteiger partial charge on any atom is -0.469 e. The largest absolute Gasteiger partial charge is 0.469 e. The van der Waals surface area contributed by atoms with Gasteiger partial charge in [-0.05, 0) is 32.4 Å². The number of carbonyl (C=O) groups excluding carboxylic acids is 3. The van der Waals surface area contributed by atoms with E-state index in [0.717, 1.165) is 10.4 Å². The van der Waals surface area contributed by atoms with Gasteiger partial charge in [0, 0.05) is 6.42 Å². The molecule has 1 unspecified atom stereocenters. The van der Waals surface area contributed by atoms with Crippen LogP contribution in [0, 0.1) is 6.92 Å². The number of ether oxygens (including phenoxy) is 1. The van der Waals surface area contributed by atoms with Crippen LogP contribution in [-0.2, 0) is 20.9 Å². The zero-order valence-corrected chi connectivity index (χ0v) is 14.9. The lowest BCUT2D eigenvalue weighted by atomic mass is 9.96. The maximum Gasteiger partial charge on any atom is 0.325 e. The number of fused-ring (bicyclic) bond motifs is 1. The van der Waals surface area contributed by atoms with Gasteiger partial charge in [0.1, 0.15) is 5.54 Å². The SMILES string of the molecule is COC(=O)CCC1(C)NC(=O)N(Cc2nc3ccccc3nc2C)C1=O. The van der Waals surface area contributed by atoms with Crippen LogP contribution in [0.3, 0.4) is 0 Å². The number of aromatic nitrogens is 2. The molecular formula is C18H20N4O4. The number of amides is 3. The van der Waals surface area contributed by atoms with Gasteiger partial charge in [-0.1, -0.05) is 12.1 Å². The van der Waals surface area contributed by atoms with E-state index in [1.165, 1.54) is 7.11 Å². The van der Waals surface area contributed by atoms with Crippen LogP contribution in [0.5, 0.6) is 0 Å². The molecule has 0 radical (unpaired) electrons. The first-order chi connectivity index (χ1) is 12.3. The van der Waals surface area contributed by atoms with Crippen molar-refractivity contribution >= 4 is 28.9 Å². The fourth-order valence-corrected chi connectivity index (χ4v) is 2.94. The van der Waals surface area contributed by atoms with Crippen LogP contribution in [0.4, 0.5) is 4.79 Å². The van der Waals surface area contributed by atoms with Crippen LogP contribution < -0.4 is 5.32 Å². The fourth-order valence-electron chi connectivity index (χ4n) is 2.94. The Labute approximate surface area is 150 Å². The van der Waals surface area contributed by atoms with Crippen LogP contribution in [-0.4, -0.2) is 45.4 Å². The second-order valence-corrected chi connectivity index (χ2v) is 6.47. The monoisotopic (exact) mass is 356 g/mol. The zero-order chi connectivity index (χ0) is 18.9. The molecule has 26 heavy (non-hydrogen) atoms. The van der Waals surface area contributed by atoms with Gasteiger partial charge in [0.25, 0.3) is 5.91 Å². The van der Waals surface area contributed by atoms with E-state index in [2.05, 4.69) is 20.0 Å². The van der Waals surface area contributed by atoms with Gasteiger partial charge in [0.15, 0.2) is 0 Å². The minimum atomic E-state index is -1.14. The number of urea groups is 1. The second-order valence-electron chi connectivity index (χ2n) is 6.47. The van der Waals surface area contributed by atoms with E-state index < -0.39 is 17.5 Å². The normalized spacial score (nSPS) is 19.7. The average Bonchev–Trinajstić information content (AvgIpc) is 2.83. The predicted octanol–water partition coefficient (Wildman–Crippen LogP) is 1.70. The summed E-state index contributed by atoms with van der Waals surface area (Å²) >= 11 is 0. The lowest BCUT2D eigenvalue weighted by Gasteiger charge is -2.21. The summed E-state index contributed by atoms with van der Waals surface area (Å²) in [6.45, 7) is 3.43. The van der Waals surface area contributed by atoms with Gasteiger partial charge in [0.2, 0.25) is 0 Å². The number of hydrogen-bond donors (Lipinski definition) is 1. The van der Waals surface area contributed by atoms with Crippen molar-refractivity contribution in [1.82, 2.24) is 20.2 Å². The Morgan fingerprint density at radius 3 is 2.54 bits per heavy atom. The third kappa shape index (κ3) is 3.22. The molecule has 0 aliphatic carbocycles. The van der Waals surface area contributed by atoms with E-state index >= 15 is 0 Å². The Balaban J connectivity index is 1.82. The van der Waals surface area contributed by atoms with Crippen molar-refractivity contribution in [3.8, 4) is 0 Å². The molecule has 0 spiro atoms. The standard InChI is InChI=1S/C18H20N4O4/c1-11-14(20-13-7-5-4-6-12(13)19-11)10-22-16(24)18(2,21-17(22)25)9-8-15(23)26-3/h4-7H,8-10H2,1-3H3,(H,21,25). The number of aryl methyl sites for hydroxylation is 1. The highest BCUT2D eigenvalue weighted by molar-refractivity contribution is 6.06. The smallest absolute Gasteiger partial charge is 0.325 e. The molecule has 2 heterocycles. The number of nitrogens with zero attached hydrogens (tertiary/aromatic N) is 3. The van der Waals surface area contributed by atoms with Crippen molar-refractivity contribution < 1.29 is 19.1 Å². The third-order valence-corrected chi connectivity index (χ3v) is 4.55. The molecule has 1 aliphatic heterocycles. The molecule has 1 saturated heterocycles. The molecule has 1 aliphatic rings. The van der Waals surface area contributed by atoms with Crippen molar-refractivity contribution in [2.24, 2.45) is 0 Å². The van der Waals surface area contributed by atoms with Crippen molar-refractivity contribution in [3.05, 3.63) is 35.7 Å². The number of imide groups is 1.